The minimum atomic E-state index is -3.12. The minimum absolute atomic E-state index is 0. The molecule has 0 bridgehead atoms. The number of halogens is 4. The number of carbonyl (C=O) groups excluding carboxylic acids is 12. The monoisotopic (exact) mass is 1830 g/mol. The molecule has 4 saturated heterocycles. The Morgan fingerprint density at radius 3 is 0.985 bits per heavy atom. The number of ether oxygens (including phenoxy) is 6. The lowest BCUT2D eigenvalue weighted by atomic mass is 9.93. The van der Waals surface area contributed by atoms with Crippen molar-refractivity contribution in [1.82, 2.24) is 54.7 Å². The lowest BCUT2D eigenvalue weighted by molar-refractivity contribution is -0.147. The van der Waals surface area contributed by atoms with Gasteiger partial charge in [0.05, 0.1) is 67.1 Å². The maximum Gasteiger partial charge on any atom is 0.410 e. The zero-order chi connectivity index (χ0) is 100. The summed E-state index contributed by atoms with van der Waals surface area (Å²) in [4.78, 5) is 181. The summed E-state index contributed by atoms with van der Waals surface area (Å²) in [5, 5.41) is 5.08. The first-order valence-electron chi connectivity index (χ1n) is 47.1. The van der Waals surface area contributed by atoms with Crippen LogP contribution in [0.25, 0.3) is 66.4 Å². The molecule has 4 aliphatic rings. The number of hydrogen-bond donors (Lipinski definition) is 7. The molecule has 8 heterocycles. The van der Waals surface area contributed by atoms with Crippen LogP contribution in [-0.4, -0.2) is 251 Å². The third-order valence-electron chi connectivity index (χ3n) is 24.3. The highest BCUT2D eigenvalue weighted by atomic mass is 19.1. The Morgan fingerprint density at radius 2 is 0.725 bits per heavy atom. The van der Waals surface area contributed by atoms with Gasteiger partial charge in [0, 0.05) is 156 Å². The third-order valence-corrected chi connectivity index (χ3v) is 24.3. The second-order valence-corrected chi connectivity index (χ2v) is 36.3. The van der Waals surface area contributed by atoms with Crippen molar-refractivity contribution in [2.45, 2.75) is 292 Å². The van der Waals surface area contributed by atoms with Crippen molar-refractivity contribution in [2.24, 2.45) is 17.4 Å². The molecule has 0 spiro atoms. The van der Waals surface area contributed by atoms with E-state index in [9.17, 15) is 66.3 Å². The third kappa shape index (κ3) is 23.9. The number of hydrogen-bond acceptors (Lipinski definition) is 20. The number of aromatic amines is 4. The van der Waals surface area contributed by atoms with E-state index in [2.05, 4.69) is 25.3 Å². The number of carbonyl (C=O) groups is 12. The average molecular weight is 1830 g/mol. The number of ketones is 1. The number of nitrogens with one attached hydrogen (secondary N) is 5. The molecule has 4 fully saturated rings. The zero-order valence-corrected chi connectivity index (χ0v) is 76.2. The van der Waals surface area contributed by atoms with Gasteiger partial charge in [0.15, 0.2) is 5.78 Å². The molecule has 35 heteroatoms. The summed E-state index contributed by atoms with van der Waals surface area (Å²) in [6.45, 7) is 17.6. The predicted molar refractivity (Wildman–Crippen MR) is 484 cm³/mol. The maximum absolute atomic E-state index is 15.3. The molecule has 4 aliphatic heterocycles. The van der Waals surface area contributed by atoms with Crippen molar-refractivity contribution in [3.05, 3.63) is 118 Å². The van der Waals surface area contributed by atoms with Gasteiger partial charge in [-0.3, -0.25) is 52.8 Å². The first kappa shape index (κ1) is 92.4. The number of amides is 7. The zero-order valence-electron chi connectivity index (χ0n) is 82.2. The van der Waals surface area contributed by atoms with Crippen molar-refractivity contribution in [3.63, 3.8) is 0 Å². The van der Waals surface area contributed by atoms with Crippen molar-refractivity contribution in [3.8, 4) is 22.8 Å². The van der Waals surface area contributed by atoms with Crippen LogP contribution in [0.1, 0.15) is 206 Å². The van der Waals surface area contributed by atoms with Crippen LogP contribution in [-0.2, 0) is 102 Å². The lowest BCUT2D eigenvalue weighted by Gasteiger charge is -2.31. The Morgan fingerprint density at radius 1 is 0.443 bits per heavy atom. The minimum Gasteiger partial charge on any atom is -0.461 e. The van der Waals surface area contributed by atoms with Gasteiger partial charge >= 0.3 is 36.1 Å². The number of rotatable bonds is 29. The summed E-state index contributed by atoms with van der Waals surface area (Å²) in [5.74, 6) is -8.64. The number of esters is 4. The average Bonchev–Trinajstić information content (AvgIpc) is 1.59. The molecule has 0 aliphatic carbocycles. The van der Waals surface area contributed by atoms with Gasteiger partial charge in [0.1, 0.15) is 71.0 Å². The quantitative estimate of drug-likeness (QED) is 0.0130. The summed E-state index contributed by atoms with van der Waals surface area (Å²) < 4.78 is 142. The van der Waals surface area contributed by atoms with E-state index >= 15 is 8.78 Å². The normalized spacial score (nSPS) is 20.9. The highest BCUT2D eigenvalue weighted by molar-refractivity contribution is 6.00. The molecular formula is C96H127F4N13O18. The number of fused-ring (bicyclic) bond motifs is 4. The van der Waals surface area contributed by atoms with E-state index in [1.807, 2.05) is 13.8 Å². The highest BCUT2D eigenvalue weighted by Gasteiger charge is 2.47. The highest BCUT2D eigenvalue weighted by Crippen LogP contribution is 2.44. The molecule has 4 aromatic carbocycles. The summed E-state index contributed by atoms with van der Waals surface area (Å²) in [7, 11) is 0. The van der Waals surface area contributed by atoms with Crippen molar-refractivity contribution in [1.29, 1.82) is 0 Å². The van der Waals surface area contributed by atoms with E-state index in [0.29, 0.717) is 115 Å². The number of nitrogens with zero attached hydrogens (tertiary/aromatic N) is 6. The van der Waals surface area contributed by atoms with Crippen LogP contribution in [0.2, 0.25) is 0 Å². The van der Waals surface area contributed by atoms with E-state index < -0.39 is 199 Å². The second-order valence-electron chi connectivity index (χ2n) is 36.3. The maximum atomic E-state index is 15.3. The van der Waals surface area contributed by atoms with Crippen LogP contribution in [0.3, 0.4) is 0 Å². The van der Waals surface area contributed by atoms with E-state index in [-0.39, 0.29) is 83.9 Å². The van der Waals surface area contributed by atoms with Crippen LogP contribution in [0.4, 0.5) is 27.2 Å². The Hall–Kier alpha value is -11.9. The topological polar surface area (TPSA) is 407 Å². The van der Waals surface area contributed by atoms with Crippen LogP contribution in [0.15, 0.2) is 72.8 Å². The Balaban J connectivity index is 0.000000312. The summed E-state index contributed by atoms with van der Waals surface area (Å²) in [6, 6.07) is 8.69. The van der Waals surface area contributed by atoms with Gasteiger partial charge in [-0.1, -0.05) is 35.1 Å². The smallest absolute Gasteiger partial charge is 0.410 e. The fourth-order valence-corrected chi connectivity index (χ4v) is 18.0. The number of likely N-dealkylation sites (tertiary alicyclic amines) is 4. The molecule has 9 N–H and O–H groups in total. The van der Waals surface area contributed by atoms with Crippen molar-refractivity contribution in [2.75, 3.05) is 40.1 Å². The molecule has 131 heavy (non-hydrogen) atoms. The van der Waals surface area contributed by atoms with Gasteiger partial charge in [0.25, 0.3) is 0 Å². The number of H-pyrrole nitrogens is 4. The van der Waals surface area contributed by atoms with Crippen LogP contribution < -0.4 is 16.8 Å². The fraction of sp³-hybridized carbons (Fsp3) is 0.542. The Bertz CT molecular complexity index is 5500. The summed E-state index contributed by atoms with van der Waals surface area (Å²) >= 11 is 0. The molecule has 7 amide bonds. The molecule has 4 aromatic heterocycles. The SMILES string of the molecule is C.CC[C@H](N)C(=O)N1C[C@@H](OC(C)=O)C[C@H]1Cc1c(-c2[nH]c3cc(F)ccc3c2C[C@@H]2C[C@H](OC(C)=O)CN2C(=O)[C@@H](N)CC)[nH]c2cc(F)ccc12.[2H]C([2H])([2H])N(C(=O)OC(C)(C)C)[C@@H](C)C(=O)C[C@@H](CC)C(=O)N1C[C@@H](OC(C)=O)C[C@H]1Cc1c(-c2[nH]c3cc(F)ccc3c2C[C@@H]2C[C@H](OC(C)=O)CN2C(=O)[C@H](CC)NC(=O)[C@H](C)N(C(=O)OC(C)(C)C)C([2H])([2H])[2H])[nH]c2cc(F)ccc12. The number of nitrogens with two attached hydrogens (primary N) is 2. The first-order valence-corrected chi connectivity index (χ1v) is 44.1. The van der Waals surface area contributed by atoms with Gasteiger partial charge in [-0.15, -0.1) is 0 Å². The fourth-order valence-electron chi connectivity index (χ4n) is 18.0. The molecule has 12 rings (SSSR count). The van der Waals surface area contributed by atoms with Gasteiger partial charge < -0.3 is 89.6 Å². The van der Waals surface area contributed by atoms with Gasteiger partial charge in [-0.25, -0.2) is 27.2 Å². The molecule has 8 aromatic rings. The number of aromatic nitrogens is 4. The van der Waals surface area contributed by atoms with E-state index in [0.717, 1.165) is 21.9 Å². The number of Topliss-reactive ketones (excluding diaryl/α,β-unsaturated/α-hetero) is 1. The lowest BCUT2D eigenvalue weighted by Crippen LogP contribution is -2.55. The van der Waals surface area contributed by atoms with Gasteiger partial charge in [0.2, 0.25) is 29.5 Å². The molecule has 31 nitrogen and oxygen atoms in total. The Kier molecular flexibility index (Phi) is 29.7. The van der Waals surface area contributed by atoms with Crippen molar-refractivity contribution >= 4 is 115 Å². The second kappa shape index (κ2) is 42.1. The number of likely N-dealkylation sites (N-methyl/N-ethyl adjacent to an activating group) is 2. The van der Waals surface area contributed by atoms with E-state index in [1.54, 1.807) is 68.7 Å². The molecule has 0 saturated carbocycles. The predicted octanol–water partition coefficient (Wildman–Crippen LogP) is 13.0. The molecule has 14 atom stereocenters. The summed E-state index contributed by atoms with van der Waals surface area (Å²) in [6.07, 6.45) is -3.21. The number of benzene rings is 4. The van der Waals surface area contributed by atoms with Crippen LogP contribution in [0, 0.1) is 29.2 Å². The molecule has 712 valence electrons. The Labute approximate surface area is 768 Å². The largest absolute Gasteiger partial charge is 0.461 e. The first-order chi connectivity index (χ1) is 63.6. The van der Waals surface area contributed by atoms with E-state index in [4.69, 9.17) is 48.1 Å². The van der Waals surface area contributed by atoms with E-state index in [1.165, 1.54) is 121 Å². The standard InChI is InChI=1S/C57H77F2N7O12.C38H46F2N6O6.CH4/c1-15-34(21-48(69)30(3)63(13)54(73)77-56(7,8)9)52(71)65-28-39(75-32(5)67)24-37(65)26-43-41-19-17-35(58)22-46(41)60-49(43)50-44(42-20-18-36(59)23-47(42)61-50)27-38-25-40(76-33(6)68)29-66(38)53(72)45(16-2)62-51(70)31(4)64(14)55(74)78-57(10,11)12;1-5-31(41)37(49)45-17-25(51-19(3)47)13-23(45)15-29-27-9-7-21(39)11-33(27)43-35(29)36-30(28-10-8-22(40)12-34(28)44-36)16-24-14-26(52-20(4)48)18-46(24)38(50)32(42)6-2;/h17-20,22-23,30-31,34,37-40,45,60-61H,15-16,21,24-29H2,1-14H3,(H,62,70);7-12,23-26,31-32,43-44H,5-6,13-18,41-42H2,1-4H3;1H4/t30-,31-,34+,37-,38-,39-,40-,45-;23-,24-,25-,26-,31-,32-;/m00./s1/i13D3,14D3;;. The summed E-state index contributed by atoms with van der Waals surface area (Å²) in [5.41, 5.74) is 16.4. The molecule has 0 radical (unpaired) electrons. The van der Waals surface area contributed by atoms with Crippen LogP contribution >= 0.6 is 0 Å². The molecular weight excluding hydrogens is 1700 g/mol. The van der Waals surface area contributed by atoms with Gasteiger partial charge in [-0.2, -0.15) is 0 Å². The van der Waals surface area contributed by atoms with Gasteiger partial charge in [-0.05, 0) is 202 Å². The van der Waals surface area contributed by atoms with Crippen molar-refractivity contribution < 1.29 is 112 Å². The van der Waals surface area contributed by atoms with Crippen LogP contribution in [0.5, 0.6) is 0 Å². The molecule has 0 unspecified atom stereocenters.